The van der Waals surface area contributed by atoms with Crippen molar-refractivity contribution in [2.75, 3.05) is 19.7 Å². The van der Waals surface area contributed by atoms with Gasteiger partial charge in [-0.2, -0.15) is 0 Å². The van der Waals surface area contributed by atoms with Gasteiger partial charge < -0.3 is 10.4 Å². The van der Waals surface area contributed by atoms with E-state index in [-0.39, 0.29) is 6.61 Å². The highest BCUT2D eigenvalue weighted by Gasteiger charge is 2.16. The molecule has 2 atom stereocenters. The summed E-state index contributed by atoms with van der Waals surface area (Å²) in [6.45, 7) is 8.97. The smallest absolute Gasteiger partial charge is 0.0402 e. The molecule has 0 saturated carbocycles. The molecule has 1 aliphatic rings. The summed E-state index contributed by atoms with van der Waals surface area (Å²) in [5.74, 6) is 1.81. The SMILES string of the molecule is CC1CNCC1C.CCO. The maximum Gasteiger partial charge on any atom is 0.0402 e. The number of aliphatic hydroxyl groups is 1. The normalized spacial score (nSPS) is 31.2. The fourth-order valence-electron chi connectivity index (χ4n) is 0.941. The molecule has 0 aliphatic carbocycles. The van der Waals surface area contributed by atoms with Gasteiger partial charge in [-0.15, -0.1) is 0 Å². The quantitative estimate of drug-likeness (QED) is 0.530. The van der Waals surface area contributed by atoms with E-state index in [0.717, 1.165) is 11.8 Å². The third-order valence-electron chi connectivity index (χ3n) is 1.90. The van der Waals surface area contributed by atoms with Gasteiger partial charge in [-0.1, -0.05) is 13.8 Å². The summed E-state index contributed by atoms with van der Waals surface area (Å²) < 4.78 is 0. The lowest BCUT2D eigenvalue weighted by atomic mass is 10.0. The zero-order valence-electron chi connectivity index (χ0n) is 7.22. The Morgan fingerprint density at radius 3 is 1.70 bits per heavy atom. The molecule has 0 amide bonds. The van der Waals surface area contributed by atoms with Gasteiger partial charge in [0, 0.05) is 6.61 Å². The zero-order valence-corrected chi connectivity index (χ0v) is 7.22. The van der Waals surface area contributed by atoms with Gasteiger partial charge in [0.2, 0.25) is 0 Å². The molecule has 1 saturated heterocycles. The molecule has 2 nitrogen and oxygen atoms in total. The van der Waals surface area contributed by atoms with Crippen molar-refractivity contribution in [2.24, 2.45) is 11.8 Å². The molecular weight excluding hydrogens is 126 g/mol. The van der Waals surface area contributed by atoms with Crippen molar-refractivity contribution in [3.8, 4) is 0 Å². The molecule has 0 aromatic heterocycles. The second-order valence-electron chi connectivity index (χ2n) is 2.93. The van der Waals surface area contributed by atoms with Crippen molar-refractivity contribution < 1.29 is 5.11 Å². The molecule has 2 heteroatoms. The van der Waals surface area contributed by atoms with E-state index >= 15 is 0 Å². The van der Waals surface area contributed by atoms with Crippen LogP contribution in [0.1, 0.15) is 20.8 Å². The number of aliphatic hydroxyl groups excluding tert-OH is 1. The van der Waals surface area contributed by atoms with Crippen molar-refractivity contribution in [1.82, 2.24) is 5.32 Å². The van der Waals surface area contributed by atoms with E-state index in [1.54, 1.807) is 6.92 Å². The summed E-state index contributed by atoms with van der Waals surface area (Å²) in [5.41, 5.74) is 0. The van der Waals surface area contributed by atoms with Crippen molar-refractivity contribution in [2.45, 2.75) is 20.8 Å². The Labute approximate surface area is 63.6 Å². The first kappa shape index (κ1) is 9.92. The number of hydrogen-bond acceptors (Lipinski definition) is 2. The summed E-state index contributed by atoms with van der Waals surface area (Å²) >= 11 is 0. The van der Waals surface area contributed by atoms with Crippen LogP contribution >= 0.6 is 0 Å². The minimum atomic E-state index is 0.250. The second kappa shape index (κ2) is 5.69. The number of rotatable bonds is 0. The van der Waals surface area contributed by atoms with Crippen molar-refractivity contribution >= 4 is 0 Å². The number of nitrogens with one attached hydrogen (secondary N) is 1. The van der Waals surface area contributed by atoms with Gasteiger partial charge in [0.15, 0.2) is 0 Å². The highest BCUT2D eigenvalue weighted by atomic mass is 16.2. The first-order valence-corrected chi connectivity index (χ1v) is 4.03. The molecule has 1 heterocycles. The lowest BCUT2D eigenvalue weighted by Crippen LogP contribution is -2.06. The standard InChI is InChI=1S/C6H13N.C2H6O/c1-5-3-7-4-6(5)2;1-2-3/h5-7H,3-4H2,1-2H3;3H,2H2,1H3. The lowest BCUT2D eigenvalue weighted by molar-refractivity contribution is 0.318. The van der Waals surface area contributed by atoms with Crippen LogP contribution in [0.5, 0.6) is 0 Å². The average molecular weight is 145 g/mol. The maximum absolute atomic E-state index is 7.57. The van der Waals surface area contributed by atoms with Gasteiger partial charge in [0.25, 0.3) is 0 Å². The molecule has 0 bridgehead atoms. The van der Waals surface area contributed by atoms with E-state index in [9.17, 15) is 0 Å². The van der Waals surface area contributed by atoms with E-state index in [4.69, 9.17) is 5.11 Å². The third kappa shape index (κ3) is 3.85. The van der Waals surface area contributed by atoms with Crippen molar-refractivity contribution in [1.29, 1.82) is 0 Å². The van der Waals surface area contributed by atoms with E-state index in [2.05, 4.69) is 19.2 Å². The van der Waals surface area contributed by atoms with Gasteiger partial charge in [0.05, 0.1) is 0 Å². The predicted molar refractivity (Wildman–Crippen MR) is 44.0 cm³/mol. The molecule has 0 radical (unpaired) electrons. The van der Waals surface area contributed by atoms with Crippen molar-refractivity contribution in [3.05, 3.63) is 0 Å². The first-order valence-electron chi connectivity index (χ1n) is 4.03. The summed E-state index contributed by atoms with van der Waals surface area (Å²) in [7, 11) is 0. The van der Waals surface area contributed by atoms with Gasteiger partial charge in [0.1, 0.15) is 0 Å². The molecule has 1 aliphatic heterocycles. The molecule has 10 heavy (non-hydrogen) atoms. The van der Waals surface area contributed by atoms with E-state index in [1.807, 2.05) is 0 Å². The number of hydrogen-bond donors (Lipinski definition) is 2. The topological polar surface area (TPSA) is 32.3 Å². The molecule has 1 rings (SSSR count). The molecule has 62 valence electrons. The fourth-order valence-corrected chi connectivity index (χ4v) is 0.941. The Morgan fingerprint density at radius 2 is 1.60 bits per heavy atom. The van der Waals surface area contributed by atoms with E-state index < -0.39 is 0 Å². The van der Waals surface area contributed by atoms with Crippen LogP contribution in [-0.4, -0.2) is 24.8 Å². The Hall–Kier alpha value is -0.0800. The summed E-state index contributed by atoms with van der Waals surface area (Å²) in [6.07, 6.45) is 0. The Bertz CT molecular complexity index is 67.7. The first-order chi connectivity index (χ1) is 4.72. The highest BCUT2D eigenvalue weighted by molar-refractivity contribution is 4.73. The summed E-state index contributed by atoms with van der Waals surface area (Å²) in [4.78, 5) is 0. The molecule has 2 N–H and O–H groups in total. The fraction of sp³-hybridized carbons (Fsp3) is 1.00. The Balaban J connectivity index is 0.000000236. The molecule has 0 aromatic rings. The third-order valence-corrected chi connectivity index (χ3v) is 1.90. The van der Waals surface area contributed by atoms with Crippen LogP contribution in [-0.2, 0) is 0 Å². The zero-order chi connectivity index (χ0) is 7.98. The van der Waals surface area contributed by atoms with Crippen LogP contribution in [0.3, 0.4) is 0 Å². The van der Waals surface area contributed by atoms with Crippen LogP contribution < -0.4 is 5.32 Å². The highest BCUT2D eigenvalue weighted by Crippen LogP contribution is 2.13. The van der Waals surface area contributed by atoms with E-state index in [0.29, 0.717) is 0 Å². The van der Waals surface area contributed by atoms with Crippen molar-refractivity contribution in [3.63, 3.8) is 0 Å². The van der Waals surface area contributed by atoms with Gasteiger partial charge in [-0.25, -0.2) is 0 Å². The van der Waals surface area contributed by atoms with E-state index in [1.165, 1.54) is 13.1 Å². The monoisotopic (exact) mass is 145 g/mol. The minimum Gasteiger partial charge on any atom is -0.397 e. The Kier molecular flexibility index (Phi) is 5.64. The molecule has 0 spiro atoms. The van der Waals surface area contributed by atoms with Gasteiger partial charge >= 0.3 is 0 Å². The minimum absolute atomic E-state index is 0.250. The maximum atomic E-state index is 7.57. The molecule has 0 aromatic carbocycles. The molecule has 1 fully saturated rings. The molecule has 2 unspecified atom stereocenters. The predicted octanol–water partition coefficient (Wildman–Crippen LogP) is 0.860. The Morgan fingerprint density at radius 1 is 1.30 bits per heavy atom. The summed E-state index contributed by atoms with van der Waals surface area (Å²) in [5, 5.41) is 10.9. The van der Waals surface area contributed by atoms with Crippen LogP contribution in [0.4, 0.5) is 0 Å². The molecular formula is C8H19NO. The van der Waals surface area contributed by atoms with Gasteiger partial charge in [-0.05, 0) is 31.8 Å². The van der Waals surface area contributed by atoms with Crippen LogP contribution in [0.15, 0.2) is 0 Å². The largest absolute Gasteiger partial charge is 0.397 e. The average Bonchev–Trinajstić information content (AvgIpc) is 2.19. The van der Waals surface area contributed by atoms with Gasteiger partial charge in [-0.3, -0.25) is 0 Å². The summed E-state index contributed by atoms with van der Waals surface area (Å²) in [6, 6.07) is 0. The lowest BCUT2D eigenvalue weighted by Gasteiger charge is -2.03. The van der Waals surface area contributed by atoms with Crippen LogP contribution in [0.25, 0.3) is 0 Å². The second-order valence-corrected chi connectivity index (χ2v) is 2.93. The van der Waals surface area contributed by atoms with Crippen LogP contribution in [0.2, 0.25) is 0 Å². The van der Waals surface area contributed by atoms with Crippen LogP contribution in [0, 0.1) is 11.8 Å².